The van der Waals surface area contributed by atoms with Crippen LogP contribution in [0.1, 0.15) is 18.9 Å². The van der Waals surface area contributed by atoms with Gasteiger partial charge in [0.25, 0.3) is 11.2 Å². The number of ether oxygens (including phenoxy) is 2. The summed E-state index contributed by atoms with van der Waals surface area (Å²) in [5.41, 5.74) is 0.806. The lowest BCUT2D eigenvalue weighted by atomic mass is 10.0. The number of nitrogens with zero attached hydrogens (tertiary/aromatic N) is 6. The molecule has 0 radical (unpaired) electrons. The van der Waals surface area contributed by atoms with Crippen molar-refractivity contribution in [2.24, 2.45) is 0 Å². The molecule has 0 spiro atoms. The monoisotopic (exact) mass is 462 g/mol. The van der Waals surface area contributed by atoms with Crippen molar-refractivity contribution in [1.82, 2.24) is 19.5 Å². The Hall–Kier alpha value is -4.28. The van der Waals surface area contributed by atoms with Gasteiger partial charge in [-0.05, 0) is 25.0 Å². The van der Waals surface area contributed by atoms with Gasteiger partial charge in [-0.25, -0.2) is 15.0 Å². The number of nitro groups is 1. The molecular weight excluding hydrogens is 440 g/mol. The lowest BCUT2D eigenvalue weighted by Crippen LogP contribution is -2.38. The molecule has 0 N–H and O–H groups in total. The third-order valence-corrected chi connectivity index (χ3v) is 6.25. The van der Waals surface area contributed by atoms with Crippen LogP contribution < -0.4 is 19.9 Å². The van der Waals surface area contributed by atoms with E-state index in [1.165, 1.54) is 30.9 Å². The fourth-order valence-electron chi connectivity index (χ4n) is 4.47. The van der Waals surface area contributed by atoms with Crippen LogP contribution in [0.4, 0.5) is 11.5 Å². The molecule has 0 saturated carbocycles. The van der Waals surface area contributed by atoms with E-state index >= 15 is 0 Å². The minimum absolute atomic E-state index is 0.0670. The zero-order chi connectivity index (χ0) is 23.8. The van der Waals surface area contributed by atoms with E-state index in [-0.39, 0.29) is 22.7 Å². The topological polar surface area (TPSA) is 126 Å². The minimum atomic E-state index is -0.509. The number of anilines is 1. The molecule has 11 heteroatoms. The van der Waals surface area contributed by atoms with Crippen molar-refractivity contribution >= 4 is 33.3 Å². The first-order chi connectivity index (χ1) is 16.5. The van der Waals surface area contributed by atoms with Crippen molar-refractivity contribution in [3.05, 3.63) is 63.5 Å². The van der Waals surface area contributed by atoms with Gasteiger partial charge in [0.15, 0.2) is 11.5 Å². The zero-order valence-corrected chi connectivity index (χ0v) is 18.7. The molecule has 0 amide bonds. The Morgan fingerprint density at radius 1 is 0.971 bits per heavy atom. The van der Waals surface area contributed by atoms with Crippen molar-refractivity contribution in [1.29, 1.82) is 0 Å². The summed E-state index contributed by atoms with van der Waals surface area (Å²) in [6.45, 7) is 1.34. The van der Waals surface area contributed by atoms with Gasteiger partial charge in [0, 0.05) is 42.7 Å². The molecule has 4 aromatic rings. The lowest BCUT2D eigenvalue weighted by molar-refractivity contribution is -0.384. The number of non-ortho nitro benzene ring substituents is 1. The van der Waals surface area contributed by atoms with E-state index in [1.54, 1.807) is 18.8 Å². The second-order valence-electron chi connectivity index (χ2n) is 8.06. The summed E-state index contributed by atoms with van der Waals surface area (Å²) >= 11 is 0. The molecule has 0 bridgehead atoms. The SMILES string of the molecule is COc1cc2ncnc(N3CCC(n4cnc5ccc([N+](=O)[O-])cc5c4=O)CC3)c2cc1OC. The number of piperidine rings is 1. The van der Waals surface area contributed by atoms with Crippen LogP contribution in [0.5, 0.6) is 11.5 Å². The summed E-state index contributed by atoms with van der Waals surface area (Å²) in [5, 5.41) is 12.2. The highest BCUT2D eigenvalue weighted by Gasteiger charge is 2.25. The molecule has 34 heavy (non-hydrogen) atoms. The number of hydrogen-bond donors (Lipinski definition) is 0. The predicted molar refractivity (Wildman–Crippen MR) is 126 cm³/mol. The normalized spacial score (nSPS) is 14.5. The van der Waals surface area contributed by atoms with E-state index in [4.69, 9.17) is 9.47 Å². The molecule has 1 fully saturated rings. The van der Waals surface area contributed by atoms with Gasteiger partial charge < -0.3 is 14.4 Å². The summed E-state index contributed by atoms with van der Waals surface area (Å²) in [4.78, 5) is 39.1. The third-order valence-electron chi connectivity index (χ3n) is 6.25. The number of rotatable bonds is 5. The highest BCUT2D eigenvalue weighted by atomic mass is 16.6. The van der Waals surface area contributed by atoms with Crippen LogP contribution in [0.15, 0.2) is 47.8 Å². The summed E-state index contributed by atoms with van der Waals surface area (Å²) in [6.07, 6.45) is 4.45. The first-order valence-corrected chi connectivity index (χ1v) is 10.8. The maximum Gasteiger partial charge on any atom is 0.270 e. The summed E-state index contributed by atoms with van der Waals surface area (Å²) < 4.78 is 12.4. The van der Waals surface area contributed by atoms with Crippen molar-refractivity contribution in [2.45, 2.75) is 18.9 Å². The van der Waals surface area contributed by atoms with E-state index in [9.17, 15) is 14.9 Å². The summed E-state index contributed by atoms with van der Waals surface area (Å²) in [7, 11) is 3.17. The predicted octanol–water partition coefficient (Wildman–Crippen LogP) is 3.11. The van der Waals surface area contributed by atoms with Gasteiger partial charge in [-0.1, -0.05) is 0 Å². The van der Waals surface area contributed by atoms with Crippen LogP contribution in [-0.2, 0) is 0 Å². The number of hydrogen-bond acceptors (Lipinski definition) is 9. The van der Waals surface area contributed by atoms with Gasteiger partial charge in [-0.3, -0.25) is 19.5 Å². The van der Waals surface area contributed by atoms with Gasteiger partial charge in [0.2, 0.25) is 0 Å². The molecular formula is C23H22N6O5. The minimum Gasteiger partial charge on any atom is -0.493 e. The van der Waals surface area contributed by atoms with Crippen LogP contribution in [0.25, 0.3) is 21.8 Å². The maximum absolute atomic E-state index is 13.1. The molecule has 3 heterocycles. The van der Waals surface area contributed by atoms with E-state index in [0.29, 0.717) is 42.9 Å². The van der Waals surface area contributed by atoms with Crippen LogP contribution in [-0.4, -0.2) is 51.8 Å². The van der Waals surface area contributed by atoms with Gasteiger partial charge in [-0.15, -0.1) is 0 Å². The standard InChI is InChI=1S/C23H22N6O5/c1-33-20-10-16-19(11-21(20)34-2)24-12-25-22(16)27-7-5-14(6-8-27)28-13-26-18-4-3-15(29(31)32)9-17(18)23(28)30/h3-4,9-14H,5-8H2,1-2H3. The van der Waals surface area contributed by atoms with Gasteiger partial charge in [-0.2, -0.15) is 0 Å². The smallest absolute Gasteiger partial charge is 0.270 e. The Labute approximate surface area is 193 Å². The van der Waals surface area contributed by atoms with Gasteiger partial charge >= 0.3 is 0 Å². The van der Waals surface area contributed by atoms with Crippen molar-refractivity contribution in [2.75, 3.05) is 32.2 Å². The van der Waals surface area contributed by atoms with E-state index in [2.05, 4.69) is 19.9 Å². The van der Waals surface area contributed by atoms with Crippen molar-refractivity contribution < 1.29 is 14.4 Å². The van der Waals surface area contributed by atoms with Gasteiger partial charge in [0.05, 0.1) is 41.9 Å². The highest BCUT2D eigenvalue weighted by Crippen LogP contribution is 2.36. The molecule has 0 atom stereocenters. The number of benzene rings is 2. The number of fused-ring (bicyclic) bond motifs is 2. The first-order valence-electron chi connectivity index (χ1n) is 10.8. The van der Waals surface area contributed by atoms with E-state index < -0.39 is 4.92 Å². The second-order valence-corrected chi connectivity index (χ2v) is 8.06. The Kier molecular flexibility index (Phi) is 5.44. The Balaban J connectivity index is 1.43. The summed E-state index contributed by atoms with van der Waals surface area (Å²) in [6, 6.07) is 7.79. The molecule has 0 aliphatic carbocycles. The fraction of sp³-hybridized carbons (Fsp3) is 0.304. The Bertz CT molecular complexity index is 1460. The van der Waals surface area contributed by atoms with Crippen molar-refractivity contribution in [3.63, 3.8) is 0 Å². The largest absolute Gasteiger partial charge is 0.493 e. The number of aromatic nitrogens is 4. The molecule has 11 nitrogen and oxygen atoms in total. The second kappa shape index (κ2) is 8.58. The summed E-state index contributed by atoms with van der Waals surface area (Å²) in [5.74, 6) is 2.00. The molecule has 0 unspecified atom stereocenters. The van der Waals surface area contributed by atoms with E-state index in [1.807, 2.05) is 12.1 Å². The maximum atomic E-state index is 13.1. The van der Waals surface area contributed by atoms with Crippen LogP contribution in [0.3, 0.4) is 0 Å². The number of methoxy groups -OCH3 is 2. The average Bonchev–Trinajstić information content (AvgIpc) is 2.87. The first kappa shape index (κ1) is 21.6. The molecule has 1 aliphatic rings. The van der Waals surface area contributed by atoms with E-state index in [0.717, 1.165) is 16.7 Å². The van der Waals surface area contributed by atoms with Crippen molar-refractivity contribution in [3.8, 4) is 11.5 Å². The van der Waals surface area contributed by atoms with Crippen LogP contribution in [0, 0.1) is 10.1 Å². The fourth-order valence-corrected chi connectivity index (χ4v) is 4.47. The third kappa shape index (κ3) is 3.64. The Morgan fingerprint density at radius 3 is 2.41 bits per heavy atom. The van der Waals surface area contributed by atoms with Gasteiger partial charge in [0.1, 0.15) is 12.1 Å². The molecule has 5 rings (SSSR count). The van der Waals surface area contributed by atoms with Crippen LogP contribution >= 0.6 is 0 Å². The lowest BCUT2D eigenvalue weighted by Gasteiger charge is -2.34. The molecule has 1 aliphatic heterocycles. The molecule has 2 aromatic heterocycles. The zero-order valence-electron chi connectivity index (χ0n) is 18.7. The average molecular weight is 462 g/mol. The van der Waals surface area contributed by atoms with Crippen LogP contribution in [0.2, 0.25) is 0 Å². The quantitative estimate of drug-likeness (QED) is 0.325. The molecule has 1 saturated heterocycles. The number of nitro benzene ring substituents is 1. The molecule has 174 valence electrons. The highest BCUT2D eigenvalue weighted by molar-refractivity contribution is 5.92. The molecule has 2 aromatic carbocycles. The Morgan fingerprint density at radius 2 is 1.71 bits per heavy atom.